The molecule has 0 saturated heterocycles. The minimum atomic E-state index is 0.0154. The van der Waals surface area contributed by atoms with Gasteiger partial charge in [0, 0.05) is 6.04 Å². The van der Waals surface area contributed by atoms with Crippen LogP contribution < -0.4 is 10.5 Å². The monoisotopic (exact) mass is 257 g/mol. The summed E-state index contributed by atoms with van der Waals surface area (Å²) in [5.41, 5.74) is 7.91. The zero-order valence-electron chi connectivity index (χ0n) is 11.0. The van der Waals surface area contributed by atoms with Crippen molar-refractivity contribution in [1.29, 1.82) is 0 Å². The maximum atomic E-state index is 9.08. The lowest BCUT2D eigenvalue weighted by molar-refractivity contribution is 0.281. The van der Waals surface area contributed by atoms with Gasteiger partial charge in [0.05, 0.1) is 6.61 Å². The molecular formula is C16H19NO2. The minimum Gasteiger partial charge on any atom is -0.457 e. The van der Waals surface area contributed by atoms with Gasteiger partial charge in [0.15, 0.2) is 0 Å². The van der Waals surface area contributed by atoms with Crippen molar-refractivity contribution in [1.82, 2.24) is 0 Å². The second-order valence-corrected chi connectivity index (χ2v) is 4.49. The molecule has 0 unspecified atom stereocenters. The molecule has 0 aliphatic carbocycles. The largest absolute Gasteiger partial charge is 0.457 e. The average molecular weight is 257 g/mol. The minimum absolute atomic E-state index is 0.0154. The fourth-order valence-electron chi connectivity index (χ4n) is 1.86. The predicted octanol–water partition coefficient (Wildman–Crippen LogP) is 3.38. The number of nitrogens with two attached hydrogens (primary N) is 1. The van der Waals surface area contributed by atoms with Crippen LogP contribution >= 0.6 is 0 Å². The van der Waals surface area contributed by atoms with Gasteiger partial charge >= 0.3 is 0 Å². The van der Waals surface area contributed by atoms with E-state index in [1.807, 2.05) is 48.5 Å². The predicted molar refractivity (Wildman–Crippen MR) is 76.1 cm³/mol. The molecule has 0 amide bonds. The van der Waals surface area contributed by atoms with Crippen molar-refractivity contribution in [2.45, 2.75) is 26.0 Å². The molecule has 0 saturated carbocycles. The molecule has 0 fully saturated rings. The molecule has 0 aliphatic heterocycles. The first kappa shape index (κ1) is 13.6. The molecule has 0 radical (unpaired) electrons. The lowest BCUT2D eigenvalue weighted by Gasteiger charge is -2.11. The molecular weight excluding hydrogens is 238 g/mol. The van der Waals surface area contributed by atoms with Crippen molar-refractivity contribution in [2.75, 3.05) is 0 Å². The highest BCUT2D eigenvalue weighted by Gasteiger charge is 2.04. The number of benzene rings is 2. The van der Waals surface area contributed by atoms with E-state index in [1.54, 1.807) is 0 Å². The molecule has 0 aliphatic rings. The zero-order valence-corrected chi connectivity index (χ0v) is 11.0. The second kappa shape index (κ2) is 6.36. The molecule has 100 valence electrons. The molecule has 0 heterocycles. The normalized spacial score (nSPS) is 12.2. The summed E-state index contributed by atoms with van der Waals surface area (Å²) in [4.78, 5) is 0. The second-order valence-electron chi connectivity index (χ2n) is 4.49. The quantitative estimate of drug-likeness (QED) is 0.863. The van der Waals surface area contributed by atoms with E-state index in [9.17, 15) is 0 Å². The van der Waals surface area contributed by atoms with Crippen LogP contribution in [0.2, 0.25) is 0 Å². The molecule has 0 bridgehead atoms. The molecule has 3 nitrogen and oxygen atoms in total. The van der Waals surface area contributed by atoms with Gasteiger partial charge in [-0.25, -0.2) is 0 Å². The number of aliphatic hydroxyl groups is 1. The number of hydrogen-bond acceptors (Lipinski definition) is 3. The lowest BCUT2D eigenvalue weighted by Crippen LogP contribution is -2.07. The van der Waals surface area contributed by atoms with Crippen molar-refractivity contribution in [3.8, 4) is 11.5 Å². The van der Waals surface area contributed by atoms with Crippen LogP contribution in [0.5, 0.6) is 11.5 Å². The van der Waals surface area contributed by atoms with Gasteiger partial charge in [-0.2, -0.15) is 0 Å². The van der Waals surface area contributed by atoms with Crippen LogP contribution in [0.25, 0.3) is 0 Å². The maximum absolute atomic E-state index is 9.08. The van der Waals surface area contributed by atoms with Crippen molar-refractivity contribution in [3.63, 3.8) is 0 Å². The third-order valence-electron chi connectivity index (χ3n) is 3.06. The molecule has 0 aromatic heterocycles. The summed E-state index contributed by atoms with van der Waals surface area (Å²) in [6.07, 6.45) is 0.915. The molecule has 3 N–H and O–H groups in total. The summed E-state index contributed by atoms with van der Waals surface area (Å²) in [6, 6.07) is 15.3. The van der Waals surface area contributed by atoms with Gasteiger partial charge in [-0.1, -0.05) is 31.2 Å². The molecule has 1 atom stereocenters. The van der Waals surface area contributed by atoms with Gasteiger partial charge in [-0.05, 0) is 41.8 Å². The van der Waals surface area contributed by atoms with E-state index in [0.717, 1.165) is 29.0 Å². The Labute approximate surface area is 113 Å². The van der Waals surface area contributed by atoms with E-state index in [1.165, 1.54) is 0 Å². The van der Waals surface area contributed by atoms with Gasteiger partial charge in [0.25, 0.3) is 0 Å². The van der Waals surface area contributed by atoms with Gasteiger partial charge in [0.1, 0.15) is 11.5 Å². The van der Waals surface area contributed by atoms with Crippen LogP contribution in [0.1, 0.15) is 30.5 Å². The fraction of sp³-hybridized carbons (Fsp3) is 0.250. The fourth-order valence-corrected chi connectivity index (χ4v) is 1.86. The summed E-state index contributed by atoms with van der Waals surface area (Å²) in [7, 11) is 0. The van der Waals surface area contributed by atoms with Crippen molar-refractivity contribution in [3.05, 3.63) is 59.7 Å². The number of rotatable bonds is 5. The Balaban J connectivity index is 2.10. The van der Waals surface area contributed by atoms with E-state index < -0.39 is 0 Å². The highest BCUT2D eigenvalue weighted by atomic mass is 16.5. The molecule has 2 rings (SSSR count). The Bertz CT molecular complexity index is 523. The maximum Gasteiger partial charge on any atom is 0.127 e. The summed E-state index contributed by atoms with van der Waals surface area (Å²) < 4.78 is 5.74. The molecule has 3 heteroatoms. The van der Waals surface area contributed by atoms with Crippen molar-refractivity contribution >= 4 is 0 Å². The Kier molecular flexibility index (Phi) is 4.55. The van der Waals surface area contributed by atoms with E-state index in [-0.39, 0.29) is 12.6 Å². The van der Waals surface area contributed by atoms with Crippen LogP contribution in [0.4, 0.5) is 0 Å². The topological polar surface area (TPSA) is 55.5 Å². The van der Waals surface area contributed by atoms with Crippen LogP contribution in [0.15, 0.2) is 48.5 Å². The van der Waals surface area contributed by atoms with E-state index >= 15 is 0 Å². The van der Waals surface area contributed by atoms with Crippen LogP contribution in [-0.4, -0.2) is 5.11 Å². The van der Waals surface area contributed by atoms with Gasteiger partial charge in [-0.15, -0.1) is 0 Å². The third-order valence-corrected chi connectivity index (χ3v) is 3.06. The lowest BCUT2D eigenvalue weighted by atomic mass is 10.1. The van der Waals surface area contributed by atoms with E-state index in [0.29, 0.717) is 0 Å². The van der Waals surface area contributed by atoms with Crippen LogP contribution in [-0.2, 0) is 6.61 Å². The molecule has 0 spiro atoms. The van der Waals surface area contributed by atoms with E-state index in [2.05, 4.69) is 6.92 Å². The van der Waals surface area contributed by atoms with Gasteiger partial charge < -0.3 is 15.6 Å². The van der Waals surface area contributed by atoms with E-state index in [4.69, 9.17) is 15.6 Å². The zero-order chi connectivity index (χ0) is 13.7. The van der Waals surface area contributed by atoms with Crippen molar-refractivity contribution < 1.29 is 9.84 Å². The number of ether oxygens (including phenoxy) is 1. The SMILES string of the molecule is CC[C@@H](N)c1ccc(Oc2cccc(CO)c2)cc1. The first-order valence-corrected chi connectivity index (χ1v) is 6.46. The Morgan fingerprint density at radius 3 is 2.47 bits per heavy atom. The first-order valence-electron chi connectivity index (χ1n) is 6.46. The van der Waals surface area contributed by atoms with Crippen LogP contribution in [0.3, 0.4) is 0 Å². The smallest absolute Gasteiger partial charge is 0.127 e. The van der Waals surface area contributed by atoms with Crippen molar-refractivity contribution in [2.24, 2.45) is 5.73 Å². The Morgan fingerprint density at radius 1 is 1.11 bits per heavy atom. The molecule has 19 heavy (non-hydrogen) atoms. The third kappa shape index (κ3) is 3.56. The highest BCUT2D eigenvalue weighted by Crippen LogP contribution is 2.24. The summed E-state index contributed by atoms with van der Waals surface area (Å²) in [6.45, 7) is 2.08. The van der Waals surface area contributed by atoms with Crippen LogP contribution in [0, 0.1) is 0 Å². The molecule has 2 aromatic carbocycles. The summed E-state index contributed by atoms with van der Waals surface area (Å²) in [5.74, 6) is 1.49. The standard InChI is InChI=1S/C16H19NO2/c1-2-16(17)13-6-8-14(9-7-13)19-15-5-3-4-12(10-15)11-18/h3-10,16,18H,2,11,17H2,1H3/t16-/m1/s1. The first-order chi connectivity index (χ1) is 9.22. The number of aliphatic hydroxyl groups excluding tert-OH is 1. The summed E-state index contributed by atoms with van der Waals surface area (Å²) >= 11 is 0. The van der Waals surface area contributed by atoms with Gasteiger partial charge in [0.2, 0.25) is 0 Å². The Hall–Kier alpha value is -1.84. The number of hydrogen-bond donors (Lipinski definition) is 2. The Morgan fingerprint density at radius 2 is 1.84 bits per heavy atom. The molecule has 2 aromatic rings. The average Bonchev–Trinajstić information content (AvgIpc) is 2.47. The summed E-state index contributed by atoms with van der Waals surface area (Å²) in [5, 5.41) is 9.08. The van der Waals surface area contributed by atoms with Gasteiger partial charge in [-0.3, -0.25) is 0 Å². The highest BCUT2D eigenvalue weighted by molar-refractivity contribution is 5.35.